The van der Waals surface area contributed by atoms with Gasteiger partial charge in [0.05, 0.1) is 29.4 Å². The van der Waals surface area contributed by atoms with Crippen LogP contribution in [-0.4, -0.2) is 36.6 Å². The molecule has 2 aliphatic heterocycles. The van der Waals surface area contributed by atoms with Gasteiger partial charge in [-0.15, -0.1) is 0 Å². The Morgan fingerprint density at radius 1 is 1.36 bits per heavy atom. The van der Waals surface area contributed by atoms with Crippen molar-refractivity contribution in [3.05, 3.63) is 58.2 Å². The lowest BCUT2D eigenvalue weighted by atomic mass is 9.80. The summed E-state index contributed by atoms with van der Waals surface area (Å²) in [4.78, 5) is 26.9. The topological polar surface area (TPSA) is 55.8 Å². The van der Waals surface area contributed by atoms with Crippen LogP contribution in [0.4, 0.5) is 4.39 Å². The molecule has 5 nitrogen and oxygen atoms in total. The van der Waals surface area contributed by atoms with Gasteiger partial charge in [0.15, 0.2) is 0 Å². The predicted molar refractivity (Wildman–Crippen MR) is 88.8 cm³/mol. The van der Waals surface area contributed by atoms with E-state index in [-0.39, 0.29) is 24.4 Å². The van der Waals surface area contributed by atoms with Gasteiger partial charge in [-0.05, 0) is 26.8 Å². The molecular weight excluding hydrogens is 325 g/mol. The maximum absolute atomic E-state index is 14.5. The first kappa shape index (κ1) is 17.2. The first-order valence-electron chi connectivity index (χ1n) is 8.31. The van der Waals surface area contributed by atoms with E-state index in [0.717, 1.165) is 0 Å². The van der Waals surface area contributed by atoms with E-state index >= 15 is 0 Å². The molecule has 0 aliphatic carbocycles. The van der Waals surface area contributed by atoms with Crippen molar-refractivity contribution in [2.75, 3.05) is 19.8 Å². The summed E-state index contributed by atoms with van der Waals surface area (Å²) in [5, 5.41) is 0. The summed E-state index contributed by atoms with van der Waals surface area (Å²) in [7, 11) is 0. The number of halogens is 1. The van der Waals surface area contributed by atoms with E-state index in [1.165, 1.54) is 6.07 Å². The van der Waals surface area contributed by atoms with Crippen molar-refractivity contribution in [1.29, 1.82) is 0 Å². The van der Waals surface area contributed by atoms with Crippen molar-refractivity contribution in [3.63, 3.8) is 0 Å². The monoisotopic (exact) mass is 345 g/mol. The number of rotatable bonds is 4. The number of carbonyl (C=O) groups excluding carboxylic acids is 2. The number of hydrogen-bond acceptors (Lipinski definition) is 5. The number of likely N-dealkylation sites (N-methyl/N-ethyl adjacent to an activating group) is 1. The fourth-order valence-corrected chi connectivity index (χ4v) is 3.54. The summed E-state index contributed by atoms with van der Waals surface area (Å²) in [5.74, 6) is -2.36. The molecule has 2 heterocycles. The van der Waals surface area contributed by atoms with Gasteiger partial charge in [0.1, 0.15) is 12.4 Å². The summed E-state index contributed by atoms with van der Waals surface area (Å²) < 4.78 is 24.9. The third kappa shape index (κ3) is 2.71. The van der Waals surface area contributed by atoms with Crippen LogP contribution in [0.5, 0.6) is 0 Å². The molecule has 0 bridgehead atoms. The van der Waals surface area contributed by atoms with Crippen LogP contribution in [0.2, 0.25) is 0 Å². The highest BCUT2D eigenvalue weighted by molar-refractivity contribution is 6.01. The van der Waals surface area contributed by atoms with Gasteiger partial charge in [-0.1, -0.05) is 18.2 Å². The summed E-state index contributed by atoms with van der Waals surface area (Å²) in [6.07, 6.45) is 0. The van der Waals surface area contributed by atoms with E-state index in [2.05, 4.69) is 0 Å². The second-order valence-electron chi connectivity index (χ2n) is 5.85. The number of allylic oxidation sites excluding steroid dienone is 1. The molecular formula is C19H20FNO4. The summed E-state index contributed by atoms with van der Waals surface area (Å²) >= 11 is 0. The lowest BCUT2D eigenvalue weighted by molar-refractivity contribution is -0.139. The van der Waals surface area contributed by atoms with E-state index in [4.69, 9.17) is 9.47 Å². The molecule has 25 heavy (non-hydrogen) atoms. The average molecular weight is 345 g/mol. The molecule has 0 saturated carbocycles. The van der Waals surface area contributed by atoms with Crippen LogP contribution in [0.1, 0.15) is 32.3 Å². The van der Waals surface area contributed by atoms with Crippen LogP contribution in [0, 0.1) is 5.82 Å². The van der Waals surface area contributed by atoms with Crippen LogP contribution in [0.3, 0.4) is 0 Å². The highest BCUT2D eigenvalue weighted by Crippen LogP contribution is 2.45. The smallest absolute Gasteiger partial charge is 0.337 e. The normalized spacial score (nSPS) is 19.9. The van der Waals surface area contributed by atoms with Crippen LogP contribution in [0.25, 0.3) is 0 Å². The molecule has 2 aliphatic rings. The molecule has 1 atom stereocenters. The first-order chi connectivity index (χ1) is 12.0. The molecule has 1 aromatic carbocycles. The van der Waals surface area contributed by atoms with Crippen molar-refractivity contribution >= 4 is 11.9 Å². The van der Waals surface area contributed by atoms with E-state index in [1.54, 1.807) is 32.0 Å². The Labute approximate surface area is 145 Å². The minimum atomic E-state index is -0.826. The summed E-state index contributed by atoms with van der Waals surface area (Å²) in [6, 6.07) is 6.16. The standard InChI is InChI=1S/C19H20FNO4/c1-4-21-11(3)15(18(22)24-5-2)16(12-8-6-7-9-13(12)20)17-14(21)10-25-19(17)23/h6-9,16H,4-5,10H2,1-3H3. The first-order valence-corrected chi connectivity index (χ1v) is 8.31. The highest BCUT2D eigenvalue weighted by atomic mass is 19.1. The van der Waals surface area contributed by atoms with Gasteiger partial charge in [0.2, 0.25) is 0 Å². The molecule has 0 saturated heterocycles. The third-order valence-electron chi connectivity index (χ3n) is 4.60. The van der Waals surface area contributed by atoms with Gasteiger partial charge in [-0.2, -0.15) is 0 Å². The molecule has 3 rings (SSSR count). The number of carbonyl (C=O) groups is 2. The number of benzene rings is 1. The quantitative estimate of drug-likeness (QED) is 0.786. The Morgan fingerprint density at radius 2 is 2.08 bits per heavy atom. The SMILES string of the molecule is CCOC(=O)C1=C(C)N(CC)C2=C(C(=O)OC2)C1c1ccccc1F. The van der Waals surface area contributed by atoms with E-state index in [1.807, 2.05) is 11.8 Å². The number of ether oxygens (including phenoxy) is 2. The van der Waals surface area contributed by atoms with Crippen molar-refractivity contribution in [2.45, 2.75) is 26.7 Å². The Hall–Kier alpha value is -2.63. The molecule has 0 amide bonds. The maximum atomic E-state index is 14.5. The van der Waals surface area contributed by atoms with Crippen molar-refractivity contribution < 1.29 is 23.5 Å². The largest absolute Gasteiger partial charge is 0.463 e. The van der Waals surface area contributed by atoms with Gasteiger partial charge in [0, 0.05) is 17.8 Å². The van der Waals surface area contributed by atoms with Gasteiger partial charge in [-0.25, -0.2) is 14.0 Å². The predicted octanol–water partition coefficient (Wildman–Crippen LogP) is 2.89. The lowest BCUT2D eigenvalue weighted by Crippen LogP contribution is -2.34. The van der Waals surface area contributed by atoms with E-state index in [0.29, 0.717) is 23.5 Å². The minimum absolute atomic E-state index is 0.125. The zero-order valence-electron chi connectivity index (χ0n) is 14.5. The molecule has 132 valence electrons. The highest BCUT2D eigenvalue weighted by Gasteiger charge is 2.45. The molecule has 0 N–H and O–H groups in total. The zero-order valence-corrected chi connectivity index (χ0v) is 14.5. The number of cyclic esters (lactones) is 1. The van der Waals surface area contributed by atoms with Crippen molar-refractivity contribution in [1.82, 2.24) is 4.90 Å². The molecule has 0 spiro atoms. The zero-order chi connectivity index (χ0) is 18.1. The molecule has 0 fully saturated rings. The number of nitrogens with zero attached hydrogens (tertiary/aromatic N) is 1. The minimum Gasteiger partial charge on any atom is -0.463 e. The average Bonchev–Trinajstić information content (AvgIpc) is 2.96. The van der Waals surface area contributed by atoms with Crippen LogP contribution < -0.4 is 0 Å². The van der Waals surface area contributed by atoms with Gasteiger partial charge in [-0.3, -0.25) is 0 Å². The maximum Gasteiger partial charge on any atom is 0.337 e. The molecule has 0 radical (unpaired) electrons. The lowest BCUT2D eigenvalue weighted by Gasteiger charge is -2.35. The van der Waals surface area contributed by atoms with Gasteiger partial charge in [0.25, 0.3) is 0 Å². The van der Waals surface area contributed by atoms with Crippen LogP contribution in [-0.2, 0) is 19.1 Å². The van der Waals surface area contributed by atoms with E-state index in [9.17, 15) is 14.0 Å². The number of esters is 2. The molecule has 1 unspecified atom stereocenters. The Kier molecular flexibility index (Phi) is 4.61. The Balaban J connectivity index is 2.25. The van der Waals surface area contributed by atoms with Crippen molar-refractivity contribution in [2.24, 2.45) is 0 Å². The molecule has 6 heteroatoms. The second kappa shape index (κ2) is 6.70. The number of hydrogen-bond donors (Lipinski definition) is 0. The second-order valence-corrected chi connectivity index (χ2v) is 5.85. The fourth-order valence-electron chi connectivity index (χ4n) is 3.54. The Bertz CT molecular complexity index is 796. The third-order valence-corrected chi connectivity index (χ3v) is 4.60. The summed E-state index contributed by atoms with van der Waals surface area (Å²) in [6.45, 7) is 6.30. The van der Waals surface area contributed by atoms with E-state index < -0.39 is 23.7 Å². The Morgan fingerprint density at radius 3 is 2.72 bits per heavy atom. The van der Waals surface area contributed by atoms with Crippen LogP contribution in [0.15, 0.2) is 46.8 Å². The van der Waals surface area contributed by atoms with Crippen molar-refractivity contribution in [3.8, 4) is 0 Å². The fraction of sp³-hybridized carbons (Fsp3) is 0.368. The van der Waals surface area contributed by atoms with Gasteiger partial charge >= 0.3 is 11.9 Å². The van der Waals surface area contributed by atoms with Crippen LogP contribution >= 0.6 is 0 Å². The summed E-state index contributed by atoms with van der Waals surface area (Å²) in [5.41, 5.74) is 2.22. The van der Waals surface area contributed by atoms with Gasteiger partial charge < -0.3 is 14.4 Å². The molecule has 0 aromatic heterocycles. The molecule has 1 aromatic rings.